The summed E-state index contributed by atoms with van der Waals surface area (Å²) in [4.78, 5) is 0. The molecule has 1 aliphatic carbocycles. The first-order valence-corrected chi connectivity index (χ1v) is 6.75. The zero-order valence-electron chi connectivity index (χ0n) is 11.2. The minimum absolute atomic E-state index is 0.0131. The van der Waals surface area contributed by atoms with Gasteiger partial charge in [-0.1, -0.05) is 6.92 Å². The number of nitriles is 1. The Labute approximate surface area is 112 Å². The molecule has 2 unspecified atom stereocenters. The van der Waals surface area contributed by atoms with Crippen LogP contribution in [0, 0.1) is 11.3 Å². The summed E-state index contributed by atoms with van der Waals surface area (Å²) in [5.74, 6) is 0. The van der Waals surface area contributed by atoms with E-state index in [4.69, 9.17) is 4.74 Å². The summed E-state index contributed by atoms with van der Waals surface area (Å²) in [6.07, 6.45) is -2.03. The minimum atomic E-state index is -4.11. The molecule has 0 bridgehead atoms. The Balaban J connectivity index is 2.33. The van der Waals surface area contributed by atoms with Crippen LogP contribution >= 0.6 is 0 Å². The molecule has 1 rings (SSSR count). The van der Waals surface area contributed by atoms with E-state index in [1.54, 1.807) is 0 Å². The van der Waals surface area contributed by atoms with E-state index in [1.807, 2.05) is 6.92 Å². The molecule has 110 valence electrons. The largest absolute Gasteiger partial charge is 0.389 e. The fourth-order valence-corrected chi connectivity index (χ4v) is 2.53. The molecule has 0 aliphatic heterocycles. The normalized spacial score (nSPS) is 28.1. The van der Waals surface area contributed by atoms with Gasteiger partial charge in [-0.3, -0.25) is 5.32 Å². The van der Waals surface area contributed by atoms with Gasteiger partial charge in [-0.05, 0) is 32.2 Å². The third-order valence-corrected chi connectivity index (χ3v) is 3.39. The highest BCUT2D eigenvalue weighted by Crippen LogP contribution is 2.30. The van der Waals surface area contributed by atoms with E-state index >= 15 is 0 Å². The van der Waals surface area contributed by atoms with E-state index in [2.05, 4.69) is 11.4 Å². The third-order valence-electron chi connectivity index (χ3n) is 3.39. The van der Waals surface area contributed by atoms with Crippen LogP contribution in [-0.2, 0) is 4.74 Å². The molecule has 19 heavy (non-hydrogen) atoms. The van der Waals surface area contributed by atoms with Gasteiger partial charge in [0.2, 0.25) is 0 Å². The number of rotatable bonds is 6. The third kappa shape index (κ3) is 5.79. The molecule has 3 nitrogen and oxygen atoms in total. The number of alkyl halides is 3. The van der Waals surface area contributed by atoms with Crippen molar-refractivity contribution in [2.45, 2.75) is 63.3 Å². The van der Waals surface area contributed by atoms with Gasteiger partial charge in [0.15, 0.2) is 0 Å². The molecule has 1 aliphatic rings. The molecule has 0 spiro atoms. The van der Waals surface area contributed by atoms with Gasteiger partial charge in [0, 0.05) is 19.4 Å². The van der Waals surface area contributed by atoms with Crippen LogP contribution in [0.4, 0.5) is 13.2 Å². The van der Waals surface area contributed by atoms with Gasteiger partial charge in [-0.25, -0.2) is 0 Å². The van der Waals surface area contributed by atoms with Gasteiger partial charge < -0.3 is 4.74 Å². The van der Waals surface area contributed by atoms with Crippen LogP contribution < -0.4 is 5.32 Å². The molecule has 2 atom stereocenters. The van der Waals surface area contributed by atoms with Crippen LogP contribution in [0.25, 0.3) is 0 Å². The fraction of sp³-hybridized carbons (Fsp3) is 0.923. The molecule has 0 amide bonds. The Morgan fingerprint density at radius 2 is 2.21 bits per heavy atom. The van der Waals surface area contributed by atoms with E-state index in [0.29, 0.717) is 13.0 Å². The topological polar surface area (TPSA) is 45.0 Å². The first-order valence-electron chi connectivity index (χ1n) is 6.75. The summed E-state index contributed by atoms with van der Waals surface area (Å²) in [7, 11) is 0. The van der Waals surface area contributed by atoms with Gasteiger partial charge in [0.25, 0.3) is 0 Å². The molecule has 6 heteroatoms. The lowest BCUT2D eigenvalue weighted by Crippen LogP contribution is -2.49. The van der Waals surface area contributed by atoms with E-state index in [0.717, 1.165) is 19.3 Å². The SMILES string of the molecule is CCNC1(C#N)CCCC(OCCCC(F)(F)F)C1. The maximum atomic E-state index is 12.0. The lowest BCUT2D eigenvalue weighted by Gasteiger charge is -2.36. The van der Waals surface area contributed by atoms with Crippen molar-refractivity contribution in [3.05, 3.63) is 0 Å². The van der Waals surface area contributed by atoms with Gasteiger partial charge >= 0.3 is 6.18 Å². The Hall–Kier alpha value is -0.800. The number of ether oxygens (including phenoxy) is 1. The van der Waals surface area contributed by atoms with Crippen molar-refractivity contribution in [3.63, 3.8) is 0 Å². The number of nitrogens with zero attached hydrogens (tertiary/aromatic N) is 1. The number of hydrogen-bond donors (Lipinski definition) is 1. The zero-order chi connectivity index (χ0) is 14.4. The minimum Gasteiger partial charge on any atom is -0.378 e. The van der Waals surface area contributed by atoms with Gasteiger partial charge in [0.05, 0.1) is 12.2 Å². The highest BCUT2D eigenvalue weighted by molar-refractivity contribution is 5.10. The summed E-state index contributed by atoms with van der Waals surface area (Å²) in [6, 6.07) is 2.29. The number of hydrogen-bond acceptors (Lipinski definition) is 3. The zero-order valence-corrected chi connectivity index (χ0v) is 11.2. The molecular weight excluding hydrogens is 257 g/mol. The summed E-state index contributed by atoms with van der Waals surface area (Å²) in [5.41, 5.74) is -0.568. The second-order valence-electron chi connectivity index (χ2n) is 5.03. The summed E-state index contributed by atoms with van der Waals surface area (Å²) < 4.78 is 41.5. The number of nitrogens with one attached hydrogen (secondary N) is 1. The van der Waals surface area contributed by atoms with E-state index in [-0.39, 0.29) is 19.1 Å². The molecule has 0 aromatic rings. The van der Waals surface area contributed by atoms with Crippen LogP contribution in [0.3, 0.4) is 0 Å². The van der Waals surface area contributed by atoms with Crippen LogP contribution in [0.15, 0.2) is 0 Å². The summed E-state index contributed by atoms with van der Waals surface area (Å²) in [5, 5.41) is 12.4. The maximum Gasteiger partial charge on any atom is 0.389 e. The quantitative estimate of drug-likeness (QED) is 0.759. The van der Waals surface area contributed by atoms with Crippen molar-refractivity contribution in [3.8, 4) is 6.07 Å². The lowest BCUT2D eigenvalue weighted by atomic mass is 9.81. The highest BCUT2D eigenvalue weighted by Gasteiger charge is 2.36. The monoisotopic (exact) mass is 278 g/mol. The van der Waals surface area contributed by atoms with Gasteiger partial charge in [0.1, 0.15) is 5.54 Å². The van der Waals surface area contributed by atoms with Crippen molar-refractivity contribution in [2.75, 3.05) is 13.2 Å². The molecule has 0 radical (unpaired) electrons. The smallest absolute Gasteiger partial charge is 0.378 e. The molecule has 0 aromatic carbocycles. The van der Waals surface area contributed by atoms with Crippen molar-refractivity contribution in [1.29, 1.82) is 5.26 Å². The first kappa shape index (κ1) is 16.3. The first-order chi connectivity index (χ1) is 8.91. The highest BCUT2D eigenvalue weighted by atomic mass is 19.4. The van der Waals surface area contributed by atoms with E-state index in [1.165, 1.54) is 0 Å². The molecular formula is C13H21F3N2O. The second kappa shape index (κ2) is 7.11. The molecule has 0 aromatic heterocycles. The predicted molar refractivity (Wildman–Crippen MR) is 65.5 cm³/mol. The van der Waals surface area contributed by atoms with Crippen LogP contribution in [-0.4, -0.2) is 31.0 Å². The van der Waals surface area contributed by atoms with Gasteiger partial charge in [-0.15, -0.1) is 0 Å². The molecule has 1 saturated carbocycles. The second-order valence-corrected chi connectivity index (χ2v) is 5.03. The summed E-state index contributed by atoms with van der Waals surface area (Å²) in [6.45, 7) is 2.75. The Bertz CT molecular complexity index is 310. The van der Waals surface area contributed by atoms with Crippen LogP contribution in [0.5, 0.6) is 0 Å². The molecule has 0 heterocycles. The van der Waals surface area contributed by atoms with Gasteiger partial charge in [-0.2, -0.15) is 18.4 Å². The molecule has 0 saturated heterocycles. The Morgan fingerprint density at radius 3 is 2.79 bits per heavy atom. The van der Waals surface area contributed by atoms with Crippen molar-refractivity contribution < 1.29 is 17.9 Å². The van der Waals surface area contributed by atoms with Crippen LogP contribution in [0.1, 0.15) is 45.4 Å². The van der Waals surface area contributed by atoms with Crippen molar-refractivity contribution in [1.82, 2.24) is 5.32 Å². The Kier molecular flexibility index (Phi) is 6.08. The average molecular weight is 278 g/mol. The summed E-state index contributed by atoms with van der Waals surface area (Å²) >= 11 is 0. The molecule has 1 fully saturated rings. The Morgan fingerprint density at radius 1 is 1.47 bits per heavy atom. The van der Waals surface area contributed by atoms with Crippen LogP contribution in [0.2, 0.25) is 0 Å². The fourth-order valence-electron chi connectivity index (χ4n) is 2.53. The lowest BCUT2D eigenvalue weighted by molar-refractivity contribution is -0.139. The molecule has 1 N–H and O–H groups in total. The average Bonchev–Trinajstić information content (AvgIpc) is 2.34. The number of halogens is 3. The van der Waals surface area contributed by atoms with Crippen molar-refractivity contribution in [2.24, 2.45) is 0 Å². The predicted octanol–water partition coefficient (Wildman–Crippen LogP) is 3.16. The maximum absolute atomic E-state index is 12.0. The van der Waals surface area contributed by atoms with E-state index < -0.39 is 18.1 Å². The standard InChI is InChI=1S/C13H21F3N2O/c1-2-18-12(10-17)6-3-5-11(9-12)19-8-4-7-13(14,15)16/h11,18H,2-9H2,1H3. The van der Waals surface area contributed by atoms with Crippen molar-refractivity contribution >= 4 is 0 Å². The van der Waals surface area contributed by atoms with E-state index in [9.17, 15) is 18.4 Å².